The van der Waals surface area contributed by atoms with Crippen molar-refractivity contribution in [3.63, 3.8) is 0 Å². The Bertz CT molecular complexity index is 994. The lowest BCUT2D eigenvalue weighted by atomic mass is 10.1. The fraction of sp³-hybridized carbons (Fsp3) is 0.750. The third kappa shape index (κ3) is 36.1. The highest BCUT2D eigenvalue weighted by Gasteiger charge is 2.27. The Kier molecular flexibility index (Phi) is 34.8. The van der Waals surface area contributed by atoms with E-state index in [1.54, 1.807) is 0 Å². The maximum absolute atomic E-state index is 12.6. The number of unbranched alkanes of at least 4 members (excludes halogenated alkanes) is 14. The van der Waals surface area contributed by atoms with Crippen molar-refractivity contribution in [1.82, 2.24) is 0 Å². The number of carbonyl (C=O) groups excluding carboxylic acids is 2. The maximum atomic E-state index is 12.6. The molecular weight excluding hydrogens is 671 g/mol. The number of hydrogen-bond acceptors (Lipinski definition) is 9. The van der Waals surface area contributed by atoms with Gasteiger partial charge >= 0.3 is 19.8 Å². The molecule has 0 aromatic carbocycles. The van der Waals surface area contributed by atoms with Crippen LogP contribution in [0, 0.1) is 0 Å². The number of esters is 2. The summed E-state index contributed by atoms with van der Waals surface area (Å²) in [6.45, 7) is 2.24. The number of aliphatic hydroxyl groups excluding tert-OH is 2. The highest BCUT2D eigenvalue weighted by atomic mass is 31.2. The number of phosphoric ester groups is 1. The van der Waals surface area contributed by atoms with E-state index in [-0.39, 0.29) is 19.4 Å². The number of hydrogen-bond donors (Lipinski definition) is 3. The fourth-order valence-corrected chi connectivity index (χ4v) is 5.64. The molecule has 0 aromatic heterocycles. The predicted molar refractivity (Wildman–Crippen MR) is 205 cm³/mol. The molecule has 3 N–H and O–H groups in total. The lowest BCUT2D eigenvalue weighted by molar-refractivity contribution is -0.161. The van der Waals surface area contributed by atoms with E-state index in [1.165, 1.54) is 25.7 Å². The average Bonchev–Trinajstić information content (AvgIpc) is 3.12. The van der Waals surface area contributed by atoms with Gasteiger partial charge in [-0.1, -0.05) is 127 Å². The second kappa shape index (κ2) is 36.3. The summed E-state index contributed by atoms with van der Waals surface area (Å²) < 4.78 is 32.6. The molecule has 0 aliphatic rings. The van der Waals surface area contributed by atoms with Gasteiger partial charge < -0.3 is 24.6 Å². The molecule has 51 heavy (non-hydrogen) atoms. The van der Waals surface area contributed by atoms with E-state index in [9.17, 15) is 24.2 Å². The molecule has 0 aliphatic carbocycles. The van der Waals surface area contributed by atoms with Crippen molar-refractivity contribution in [3.8, 4) is 0 Å². The zero-order chi connectivity index (χ0) is 37.7. The van der Waals surface area contributed by atoms with E-state index in [4.69, 9.17) is 19.1 Å². The highest BCUT2D eigenvalue weighted by Crippen LogP contribution is 2.43. The smallest absolute Gasteiger partial charge is 0.462 e. The van der Waals surface area contributed by atoms with E-state index < -0.39 is 51.8 Å². The summed E-state index contributed by atoms with van der Waals surface area (Å²) in [6, 6.07) is 0. The van der Waals surface area contributed by atoms with E-state index >= 15 is 0 Å². The third-order valence-electron chi connectivity index (χ3n) is 7.96. The van der Waals surface area contributed by atoms with Gasteiger partial charge in [-0.2, -0.15) is 0 Å². The number of allylic oxidation sites excluding steroid dienone is 8. The zero-order valence-corrected chi connectivity index (χ0v) is 32.7. The normalized spacial score (nSPS) is 14.5. The molecule has 0 aromatic rings. The van der Waals surface area contributed by atoms with Crippen molar-refractivity contribution < 1.29 is 47.8 Å². The lowest BCUT2D eigenvalue weighted by Crippen LogP contribution is -2.29. The molecular formula is C40H71O10P. The minimum atomic E-state index is -4.62. The largest absolute Gasteiger partial charge is 0.472 e. The van der Waals surface area contributed by atoms with E-state index in [0.29, 0.717) is 12.8 Å². The molecule has 0 rings (SSSR count). The summed E-state index contributed by atoms with van der Waals surface area (Å²) in [5.74, 6) is -0.962. The summed E-state index contributed by atoms with van der Waals surface area (Å²) >= 11 is 0. The molecule has 0 fully saturated rings. The van der Waals surface area contributed by atoms with Crippen molar-refractivity contribution in [1.29, 1.82) is 0 Å². The first-order valence-corrected chi connectivity index (χ1v) is 21.1. The molecule has 3 atom stereocenters. The van der Waals surface area contributed by atoms with Crippen LogP contribution in [0.15, 0.2) is 48.6 Å². The summed E-state index contributed by atoms with van der Waals surface area (Å²) in [4.78, 5) is 34.8. The first-order chi connectivity index (χ1) is 24.7. The van der Waals surface area contributed by atoms with Crippen molar-refractivity contribution in [2.24, 2.45) is 0 Å². The van der Waals surface area contributed by atoms with Crippen molar-refractivity contribution in [3.05, 3.63) is 48.6 Å². The highest BCUT2D eigenvalue weighted by molar-refractivity contribution is 7.47. The standard InChI is InChI=1S/C40H71O10P/c1-3-5-7-9-11-13-15-17-19-21-23-25-27-29-31-39(43)47-35-38(36-49-51(45,46)48-34-37(42)33-41)50-40(44)32-30-28-26-24-22-20-18-16-14-12-10-8-6-4-2/h9-12,15-18,37-38,41-42H,3-8,13-14,19-36H2,1-2H3,(H,45,46)/b11-9+,12-10+,17-15+,18-16+/t37-,38+/m0/s1. The van der Waals surface area contributed by atoms with Crippen LogP contribution in [0.25, 0.3) is 0 Å². The molecule has 0 aliphatic heterocycles. The van der Waals surface area contributed by atoms with E-state index in [0.717, 1.165) is 89.9 Å². The van der Waals surface area contributed by atoms with Gasteiger partial charge in [0.15, 0.2) is 6.10 Å². The van der Waals surface area contributed by atoms with E-state index in [1.807, 2.05) is 0 Å². The Hall–Kier alpha value is -2.07. The molecule has 0 saturated heterocycles. The van der Waals surface area contributed by atoms with Crippen LogP contribution in [0.5, 0.6) is 0 Å². The maximum Gasteiger partial charge on any atom is 0.472 e. The Labute approximate surface area is 309 Å². The van der Waals surface area contributed by atoms with Crippen molar-refractivity contribution in [2.45, 2.75) is 167 Å². The van der Waals surface area contributed by atoms with Gasteiger partial charge in [-0.05, 0) is 64.2 Å². The van der Waals surface area contributed by atoms with Gasteiger partial charge in [-0.3, -0.25) is 18.6 Å². The lowest BCUT2D eigenvalue weighted by Gasteiger charge is -2.20. The van der Waals surface area contributed by atoms with Crippen molar-refractivity contribution >= 4 is 19.8 Å². The minimum Gasteiger partial charge on any atom is -0.462 e. The monoisotopic (exact) mass is 742 g/mol. The zero-order valence-electron chi connectivity index (χ0n) is 31.8. The molecule has 296 valence electrons. The second-order valence-corrected chi connectivity index (χ2v) is 14.4. The van der Waals surface area contributed by atoms with Crippen LogP contribution < -0.4 is 0 Å². The molecule has 0 saturated carbocycles. The van der Waals surface area contributed by atoms with Crippen LogP contribution in [-0.4, -0.2) is 65.7 Å². The van der Waals surface area contributed by atoms with Gasteiger partial charge in [-0.25, -0.2) is 4.57 Å². The quantitative estimate of drug-likeness (QED) is 0.0245. The molecule has 11 heteroatoms. The van der Waals surface area contributed by atoms with Crippen LogP contribution in [0.2, 0.25) is 0 Å². The summed E-state index contributed by atoms with van der Waals surface area (Å²) in [5.41, 5.74) is 0. The van der Waals surface area contributed by atoms with Crippen LogP contribution in [0.4, 0.5) is 0 Å². The first kappa shape index (κ1) is 48.9. The van der Waals surface area contributed by atoms with Gasteiger partial charge in [0.1, 0.15) is 12.7 Å². The number of phosphoric acid groups is 1. The summed E-state index contributed by atoms with van der Waals surface area (Å²) in [5, 5.41) is 18.3. The van der Waals surface area contributed by atoms with E-state index in [2.05, 4.69) is 67.0 Å². The van der Waals surface area contributed by atoms with Crippen LogP contribution in [0.1, 0.15) is 155 Å². The number of aliphatic hydroxyl groups is 2. The Morgan fingerprint density at radius 1 is 0.588 bits per heavy atom. The topological polar surface area (TPSA) is 149 Å². The Morgan fingerprint density at radius 2 is 1.02 bits per heavy atom. The van der Waals surface area contributed by atoms with Crippen LogP contribution in [0.3, 0.4) is 0 Å². The van der Waals surface area contributed by atoms with Crippen LogP contribution in [-0.2, 0) is 32.7 Å². The number of ether oxygens (including phenoxy) is 2. The minimum absolute atomic E-state index is 0.163. The summed E-state index contributed by atoms with van der Waals surface area (Å²) in [6.07, 6.45) is 36.5. The third-order valence-corrected chi connectivity index (χ3v) is 8.91. The average molecular weight is 743 g/mol. The van der Waals surface area contributed by atoms with Gasteiger partial charge in [0, 0.05) is 12.8 Å². The molecule has 0 heterocycles. The molecule has 10 nitrogen and oxygen atoms in total. The molecule has 0 radical (unpaired) electrons. The number of carbonyl (C=O) groups is 2. The van der Waals surface area contributed by atoms with Crippen molar-refractivity contribution in [2.75, 3.05) is 26.4 Å². The second-order valence-electron chi connectivity index (χ2n) is 12.9. The van der Waals surface area contributed by atoms with Crippen LogP contribution >= 0.6 is 7.82 Å². The van der Waals surface area contributed by atoms with Gasteiger partial charge in [0.25, 0.3) is 0 Å². The molecule has 0 amide bonds. The SMILES string of the molecule is CCCC/C=C/C/C=C/CCCCCCCC(=O)OC[C@H](COP(=O)(O)OC[C@@H](O)CO)OC(=O)CCCCCCC/C=C/C/C=C/CCCC. The fourth-order valence-electron chi connectivity index (χ4n) is 4.85. The Morgan fingerprint density at radius 3 is 1.51 bits per heavy atom. The van der Waals surface area contributed by atoms with Gasteiger partial charge in [-0.15, -0.1) is 0 Å². The number of rotatable bonds is 36. The first-order valence-electron chi connectivity index (χ1n) is 19.6. The van der Waals surface area contributed by atoms with Gasteiger partial charge in [0.05, 0.1) is 19.8 Å². The summed E-state index contributed by atoms with van der Waals surface area (Å²) in [7, 11) is -4.62. The van der Waals surface area contributed by atoms with Gasteiger partial charge in [0.2, 0.25) is 0 Å². The Balaban J connectivity index is 4.41. The predicted octanol–water partition coefficient (Wildman–Crippen LogP) is 9.78. The molecule has 0 spiro atoms. The molecule has 0 bridgehead atoms. The molecule has 1 unspecified atom stereocenters.